The second-order valence-corrected chi connectivity index (χ2v) is 8.27. The van der Waals surface area contributed by atoms with Crippen LogP contribution in [-0.4, -0.2) is 23.2 Å². The molecule has 1 aromatic heterocycles. The van der Waals surface area contributed by atoms with Crippen molar-refractivity contribution in [1.82, 2.24) is 4.98 Å². The zero-order chi connectivity index (χ0) is 18.1. The third-order valence-corrected chi connectivity index (χ3v) is 6.26. The summed E-state index contributed by atoms with van der Waals surface area (Å²) >= 11 is 9.24. The Bertz CT molecular complexity index is 976. The molecule has 0 saturated heterocycles. The first-order valence-electron chi connectivity index (χ1n) is 8.03. The number of rotatable bonds is 3. The van der Waals surface area contributed by atoms with Gasteiger partial charge < -0.3 is 4.90 Å². The number of nitrogens with zero attached hydrogens (tertiary/aromatic N) is 2. The summed E-state index contributed by atoms with van der Waals surface area (Å²) in [6, 6.07) is 11.9. The summed E-state index contributed by atoms with van der Waals surface area (Å²) in [5, 5.41) is 3.19. The summed E-state index contributed by atoms with van der Waals surface area (Å²) in [7, 11) is 0. The average Bonchev–Trinajstić information content (AvgIpc) is 3.09. The van der Waals surface area contributed by atoms with Crippen molar-refractivity contribution in [2.75, 3.05) is 17.2 Å². The lowest BCUT2D eigenvalue weighted by molar-refractivity contribution is -0.118. The minimum Gasteiger partial charge on any atom is -0.310 e. The Balaban J connectivity index is 1.54. The van der Waals surface area contributed by atoms with Gasteiger partial charge in [0.05, 0.1) is 17.8 Å². The normalized spacial score (nSPS) is 13.5. The van der Waals surface area contributed by atoms with Crippen molar-refractivity contribution in [3.8, 4) is 10.6 Å². The maximum atomic E-state index is 13.4. The van der Waals surface area contributed by atoms with E-state index in [2.05, 4.69) is 4.98 Å². The van der Waals surface area contributed by atoms with Crippen LogP contribution in [0.1, 0.15) is 5.69 Å². The van der Waals surface area contributed by atoms with Gasteiger partial charge >= 0.3 is 0 Å². The Morgan fingerprint density at radius 3 is 3.00 bits per heavy atom. The van der Waals surface area contributed by atoms with Crippen LogP contribution < -0.4 is 4.90 Å². The monoisotopic (exact) mass is 404 g/mol. The number of hydrogen-bond donors (Lipinski definition) is 0. The fraction of sp³-hybridized carbons (Fsp3) is 0.158. The van der Waals surface area contributed by atoms with Crippen LogP contribution in [0.5, 0.6) is 0 Å². The summed E-state index contributed by atoms with van der Waals surface area (Å²) in [4.78, 5) is 20.2. The maximum absolute atomic E-state index is 13.4. The van der Waals surface area contributed by atoms with Gasteiger partial charge in [0.1, 0.15) is 10.8 Å². The van der Waals surface area contributed by atoms with Crippen molar-refractivity contribution in [2.24, 2.45) is 0 Å². The number of fused-ring (bicyclic) bond motifs is 1. The zero-order valence-electron chi connectivity index (χ0n) is 13.6. The molecule has 0 N–H and O–H groups in total. The quantitative estimate of drug-likeness (QED) is 0.595. The van der Waals surface area contributed by atoms with E-state index in [0.717, 1.165) is 21.9 Å². The Labute approximate surface area is 163 Å². The number of aromatic nitrogens is 1. The maximum Gasteiger partial charge on any atom is 0.233 e. The Hall–Kier alpha value is -1.89. The highest BCUT2D eigenvalue weighted by Crippen LogP contribution is 2.37. The van der Waals surface area contributed by atoms with E-state index in [-0.39, 0.29) is 18.1 Å². The molecule has 132 valence electrons. The fourth-order valence-corrected chi connectivity index (χ4v) is 4.80. The van der Waals surface area contributed by atoms with Crippen LogP contribution in [0, 0.1) is 5.82 Å². The van der Waals surface area contributed by atoms with E-state index in [9.17, 15) is 9.18 Å². The van der Waals surface area contributed by atoms with Crippen LogP contribution in [0.3, 0.4) is 0 Å². The van der Waals surface area contributed by atoms with Gasteiger partial charge in [-0.2, -0.15) is 0 Å². The lowest BCUT2D eigenvalue weighted by Crippen LogP contribution is -2.36. The number of thiazole rings is 1. The van der Waals surface area contributed by atoms with Crippen LogP contribution in [-0.2, 0) is 11.2 Å². The number of anilines is 1. The molecule has 0 unspecified atom stereocenters. The predicted octanol–water partition coefficient (Wildman–Crippen LogP) is 5.28. The molecule has 0 fully saturated rings. The number of thioether (sulfide) groups is 1. The third kappa shape index (κ3) is 3.63. The van der Waals surface area contributed by atoms with Gasteiger partial charge in [-0.3, -0.25) is 4.79 Å². The van der Waals surface area contributed by atoms with Gasteiger partial charge in [0.2, 0.25) is 5.91 Å². The SMILES string of the molecule is O=C(Cc1csc(-c2cccc(F)c2)n1)N1CCSc2ccc(Cl)cc21. The first-order valence-corrected chi connectivity index (χ1v) is 10.3. The van der Waals surface area contributed by atoms with Crippen LogP contribution in [0.15, 0.2) is 52.7 Å². The van der Waals surface area contributed by atoms with E-state index < -0.39 is 0 Å². The molecule has 0 saturated carbocycles. The smallest absolute Gasteiger partial charge is 0.233 e. The highest BCUT2D eigenvalue weighted by Gasteiger charge is 2.24. The molecule has 0 bridgehead atoms. The molecular formula is C19H14ClFN2OS2. The lowest BCUT2D eigenvalue weighted by Gasteiger charge is -2.29. The Morgan fingerprint density at radius 1 is 1.27 bits per heavy atom. The summed E-state index contributed by atoms with van der Waals surface area (Å²) in [6.45, 7) is 0.651. The molecule has 4 rings (SSSR count). The first kappa shape index (κ1) is 17.5. The van der Waals surface area contributed by atoms with E-state index >= 15 is 0 Å². The molecule has 0 spiro atoms. The van der Waals surface area contributed by atoms with Gasteiger partial charge in [0, 0.05) is 33.2 Å². The predicted molar refractivity (Wildman–Crippen MR) is 106 cm³/mol. The molecule has 0 radical (unpaired) electrons. The van der Waals surface area contributed by atoms with Gasteiger partial charge in [-0.15, -0.1) is 23.1 Å². The molecule has 0 atom stereocenters. The summed E-state index contributed by atoms with van der Waals surface area (Å²) in [5.41, 5.74) is 2.28. The molecule has 1 aliphatic heterocycles. The van der Waals surface area contributed by atoms with Gasteiger partial charge in [-0.1, -0.05) is 23.7 Å². The van der Waals surface area contributed by atoms with E-state index in [1.807, 2.05) is 29.6 Å². The topological polar surface area (TPSA) is 33.2 Å². The second-order valence-electron chi connectivity index (χ2n) is 5.84. The molecule has 3 aromatic rings. The highest BCUT2D eigenvalue weighted by atomic mass is 35.5. The largest absolute Gasteiger partial charge is 0.310 e. The van der Waals surface area contributed by atoms with Crippen molar-refractivity contribution < 1.29 is 9.18 Å². The van der Waals surface area contributed by atoms with Crippen LogP contribution in [0.4, 0.5) is 10.1 Å². The van der Waals surface area contributed by atoms with Gasteiger partial charge in [0.15, 0.2) is 0 Å². The summed E-state index contributed by atoms with van der Waals surface area (Å²) < 4.78 is 13.4. The average molecular weight is 405 g/mol. The van der Waals surface area contributed by atoms with Crippen LogP contribution in [0.2, 0.25) is 5.02 Å². The van der Waals surface area contributed by atoms with Gasteiger partial charge in [-0.25, -0.2) is 9.37 Å². The van der Waals surface area contributed by atoms with E-state index in [0.29, 0.717) is 22.3 Å². The second kappa shape index (κ2) is 7.39. The molecule has 2 aromatic carbocycles. The molecule has 1 amide bonds. The Morgan fingerprint density at radius 2 is 2.15 bits per heavy atom. The van der Waals surface area contributed by atoms with Crippen molar-refractivity contribution in [2.45, 2.75) is 11.3 Å². The highest BCUT2D eigenvalue weighted by molar-refractivity contribution is 7.99. The molecule has 3 nitrogen and oxygen atoms in total. The third-order valence-electron chi connectivity index (χ3n) is 4.04. The molecule has 26 heavy (non-hydrogen) atoms. The number of amides is 1. The summed E-state index contributed by atoms with van der Waals surface area (Å²) in [5.74, 6) is 0.547. The molecule has 2 heterocycles. The summed E-state index contributed by atoms with van der Waals surface area (Å²) in [6.07, 6.45) is 0.211. The molecule has 7 heteroatoms. The Kier molecular flexibility index (Phi) is 4.98. The van der Waals surface area contributed by atoms with Crippen LogP contribution >= 0.6 is 34.7 Å². The van der Waals surface area contributed by atoms with Gasteiger partial charge in [0.25, 0.3) is 0 Å². The number of carbonyl (C=O) groups excluding carboxylic acids is 1. The number of halogens is 2. The fourth-order valence-electron chi connectivity index (χ4n) is 2.84. The van der Waals surface area contributed by atoms with Crippen molar-refractivity contribution in [3.63, 3.8) is 0 Å². The van der Waals surface area contributed by atoms with E-state index in [1.54, 1.807) is 22.7 Å². The van der Waals surface area contributed by atoms with Crippen molar-refractivity contribution in [1.29, 1.82) is 0 Å². The number of benzene rings is 2. The number of hydrogen-bond acceptors (Lipinski definition) is 4. The molecular weight excluding hydrogens is 391 g/mol. The molecule has 1 aliphatic rings. The van der Waals surface area contributed by atoms with Crippen molar-refractivity contribution >= 4 is 46.3 Å². The van der Waals surface area contributed by atoms with Gasteiger partial charge in [-0.05, 0) is 30.3 Å². The van der Waals surface area contributed by atoms with E-state index in [1.165, 1.54) is 23.5 Å². The molecule has 0 aliphatic carbocycles. The van der Waals surface area contributed by atoms with Crippen molar-refractivity contribution in [3.05, 3.63) is 64.4 Å². The lowest BCUT2D eigenvalue weighted by atomic mass is 10.2. The zero-order valence-corrected chi connectivity index (χ0v) is 16.0. The first-order chi connectivity index (χ1) is 12.6. The van der Waals surface area contributed by atoms with Crippen LogP contribution in [0.25, 0.3) is 10.6 Å². The van der Waals surface area contributed by atoms with E-state index in [4.69, 9.17) is 11.6 Å². The number of carbonyl (C=O) groups is 1. The minimum absolute atomic E-state index is 0.00934. The standard InChI is InChI=1S/C19H14ClFN2OS2/c20-13-4-5-17-16(9-13)23(6-7-25-17)18(24)10-15-11-26-19(22-15)12-2-1-3-14(21)8-12/h1-5,8-9,11H,6-7,10H2. The minimum atomic E-state index is -0.297.